The van der Waals surface area contributed by atoms with Crippen LogP contribution in [0.2, 0.25) is 5.02 Å². The van der Waals surface area contributed by atoms with E-state index in [1.807, 2.05) is 13.0 Å². The minimum absolute atomic E-state index is 0.400. The summed E-state index contributed by atoms with van der Waals surface area (Å²) in [7, 11) is 0. The Morgan fingerprint density at radius 3 is 2.50 bits per heavy atom. The molecule has 6 heteroatoms. The zero-order valence-electron chi connectivity index (χ0n) is 16.1. The molecule has 2 aromatic carbocycles. The minimum atomic E-state index is -0.660. The first kappa shape index (κ1) is 20.4. The van der Waals surface area contributed by atoms with Gasteiger partial charge in [-0.25, -0.2) is 0 Å². The molecule has 0 atom stereocenters. The van der Waals surface area contributed by atoms with Crippen molar-refractivity contribution in [2.75, 3.05) is 25.0 Å². The van der Waals surface area contributed by atoms with Gasteiger partial charge in [0.1, 0.15) is 0 Å². The third-order valence-corrected chi connectivity index (χ3v) is 5.40. The first-order chi connectivity index (χ1) is 13.5. The molecule has 1 aliphatic heterocycles. The predicted octanol–water partition coefficient (Wildman–Crippen LogP) is 3.62. The number of anilines is 1. The predicted molar refractivity (Wildman–Crippen MR) is 112 cm³/mol. The SMILES string of the molecule is Cc1ccc(Cl)cc1NC(=O)C(=O)NCC1CCN(Cc2ccccc2)CC1. The lowest BCUT2D eigenvalue weighted by Gasteiger charge is -2.32. The molecular formula is C22H26ClN3O2. The van der Waals surface area contributed by atoms with Gasteiger partial charge in [-0.1, -0.05) is 48.0 Å². The zero-order valence-corrected chi connectivity index (χ0v) is 16.8. The fourth-order valence-corrected chi connectivity index (χ4v) is 3.59. The molecule has 2 amide bonds. The highest BCUT2D eigenvalue weighted by Gasteiger charge is 2.21. The number of amides is 2. The molecule has 0 unspecified atom stereocenters. The number of aryl methyl sites for hydroxylation is 1. The number of piperidine rings is 1. The van der Waals surface area contributed by atoms with Gasteiger partial charge in [0, 0.05) is 23.8 Å². The van der Waals surface area contributed by atoms with Crippen LogP contribution in [0, 0.1) is 12.8 Å². The summed E-state index contributed by atoms with van der Waals surface area (Å²) >= 11 is 5.95. The molecule has 0 spiro atoms. The van der Waals surface area contributed by atoms with E-state index in [0.717, 1.165) is 38.0 Å². The summed E-state index contributed by atoms with van der Waals surface area (Å²) in [6.07, 6.45) is 2.03. The van der Waals surface area contributed by atoms with Crippen molar-refractivity contribution in [3.63, 3.8) is 0 Å². The zero-order chi connectivity index (χ0) is 19.9. The van der Waals surface area contributed by atoms with Crippen LogP contribution in [0.4, 0.5) is 5.69 Å². The summed E-state index contributed by atoms with van der Waals surface area (Å²) in [5, 5.41) is 5.91. The number of nitrogens with zero attached hydrogens (tertiary/aromatic N) is 1. The molecule has 2 N–H and O–H groups in total. The van der Waals surface area contributed by atoms with Crippen molar-refractivity contribution in [1.29, 1.82) is 0 Å². The lowest BCUT2D eigenvalue weighted by Crippen LogP contribution is -2.41. The summed E-state index contributed by atoms with van der Waals surface area (Å²) in [6.45, 7) is 5.35. The van der Waals surface area contributed by atoms with Gasteiger partial charge < -0.3 is 10.6 Å². The van der Waals surface area contributed by atoms with E-state index < -0.39 is 11.8 Å². The van der Waals surface area contributed by atoms with Gasteiger partial charge in [-0.15, -0.1) is 0 Å². The molecular weight excluding hydrogens is 374 g/mol. The summed E-state index contributed by atoms with van der Waals surface area (Å²) in [5.41, 5.74) is 2.74. The van der Waals surface area contributed by atoms with Gasteiger partial charge in [0.15, 0.2) is 0 Å². The summed E-state index contributed by atoms with van der Waals surface area (Å²) < 4.78 is 0. The van der Waals surface area contributed by atoms with Gasteiger partial charge in [-0.2, -0.15) is 0 Å². The topological polar surface area (TPSA) is 61.4 Å². The van der Waals surface area contributed by atoms with Crippen LogP contribution in [-0.2, 0) is 16.1 Å². The van der Waals surface area contributed by atoms with Crippen molar-refractivity contribution in [2.45, 2.75) is 26.3 Å². The van der Waals surface area contributed by atoms with Gasteiger partial charge in [0.2, 0.25) is 0 Å². The van der Waals surface area contributed by atoms with E-state index in [9.17, 15) is 9.59 Å². The largest absolute Gasteiger partial charge is 0.348 e. The number of benzene rings is 2. The van der Waals surface area contributed by atoms with Crippen molar-refractivity contribution < 1.29 is 9.59 Å². The molecule has 0 bridgehead atoms. The number of nitrogens with one attached hydrogen (secondary N) is 2. The normalized spacial score (nSPS) is 15.2. The van der Waals surface area contributed by atoms with Crippen LogP contribution in [0.5, 0.6) is 0 Å². The van der Waals surface area contributed by atoms with Crippen LogP contribution in [0.25, 0.3) is 0 Å². The third kappa shape index (κ3) is 5.81. The van der Waals surface area contributed by atoms with E-state index in [-0.39, 0.29) is 0 Å². The summed E-state index contributed by atoms with van der Waals surface area (Å²) in [4.78, 5) is 26.7. The van der Waals surface area contributed by atoms with E-state index in [1.54, 1.807) is 18.2 Å². The van der Waals surface area contributed by atoms with E-state index in [0.29, 0.717) is 23.2 Å². The quantitative estimate of drug-likeness (QED) is 0.755. The second-order valence-electron chi connectivity index (χ2n) is 7.33. The van der Waals surface area contributed by atoms with Gasteiger partial charge in [0.05, 0.1) is 0 Å². The van der Waals surface area contributed by atoms with Crippen molar-refractivity contribution in [1.82, 2.24) is 10.2 Å². The van der Waals surface area contributed by atoms with Crippen LogP contribution in [0.1, 0.15) is 24.0 Å². The molecule has 1 saturated heterocycles. The molecule has 1 fully saturated rings. The standard InChI is InChI=1S/C22H26ClN3O2/c1-16-7-8-19(23)13-20(16)25-22(28)21(27)24-14-17-9-11-26(12-10-17)15-18-5-3-2-4-6-18/h2-8,13,17H,9-12,14-15H2,1H3,(H,24,27)(H,25,28). The Morgan fingerprint density at radius 1 is 1.07 bits per heavy atom. The van der Waals surface area contributed by atoms with Crippen molar-refractivity contribution in [3.8, 4) is 0 Å². The minimum Gasteiger partial charge on any atom is -0.348 e. The van der Waals surface area contributed by atoms with Crippen molar-refractivity contribution in [3.05, 3.63) is 64.7 Å². The first-order valence-electron chi connectivity index (χ1n) is 9.63. The molecule has 1 aliphatic rings. The maximum absolute atomic E-state index is 12.1. The molecule has 148 valence electrons. The highest BCUT2D eigenvalue weighted by atomic mass is 35.5. The van der Waals surface area contributed by atoms with Gasteiger partial charge in [-0.3, -0.25) is 14.5 Å². The number of hydrogen-bond donors (Lipinski definition) is 2. The van der Waals surface area contributed by atoms with E-state index in [4.69, 9.17) is 11.6 Å². The average Bonchev–Trinajstić information content (AvgIpc) is 2.70. The lowest BCUT2D eigenvalue weighted by molar-refractivity contribution is -0.136. The Balaban J connectivity index is 1.40. The van der Waals surface area contributed by atoms with E-state index in [2.05, 4.69) is 39.8 Å². The maximum Gasteiger partial charge on any atom is 0.313 e. The lowest BCUT2D eigenvalue weighted by atomic mass is 9.96. The van der Waals surface area contributed by atoms with Crippen molar-refractivity contribution in [2.24, 2.45) is 5.92 Å². The smallest absolute Gasteiger partial charge is 0.313 e. The van der Waals surface area contributed by atoms with Crippen LogP contribution in [0.15, 0.2) is 48.5 Å². The van der Waals surface area contributed by atoms with Gasteiger partial charge in [0.25, 0.3) is 0 Å². The fourth-order valence-electron chi connectivity index (χ4n) is 3.42. The average molecular weight is 400 g/mol. The monoisotopic (exact) mass is 399 g/mol. The number of carbonyl (C=O) groups excluding carboxylic acids is 2. The molecule has 0 aromatic heterocycles. The van der Waals surface area contributed by atoms with Gasteiger partial charge in [-0.05, 0) is 62.0 Å². The van der Waals surface area contributed by atoms with E-state index >= 15 is 0 Å². The number of hydrogen-bond acceptors (Lipinski definition) is 3. The first-order valence-corrected chi connectivity index (χ1v) is 10.0. The molecule has 5 nitrogen and oxygen atoms in total. The van der Waals surface area contributed by atoms with Crippen molar-refractivity contribution >= 4 is 29.1 Å². The fraction of sp³-hybridized carbons (Fsp3) is 0.364. The molecule has 0 saturated carbocycles. The highest BCUT2D eigenvalue weighted by Crippen LogP contribution is 2.20. The second-order valence-corrected chi connectivity index (χ2v) is 7.76. The Labute approximate surface area is 171 Å². The molecule has 0 aliphatic carbocycles. The molecule has 3 rings (SSSR count). The number of carbonyl (C=O) groups is 2. The van der Waals surface area contributed by atoms with Gasteiger partial charge >= 0.3 is 11.8 Å². The molecule has 1 heterocycles. The van der Waals surface area contributed by atoms with Crippen LogP contribution < -0.4 is 10.6 Å². The molecule has 0 radical (unpaired) electrons. The maximum atomic E-state index is 12.1. The Bertz CT molecular complexity index is 818. The number of rotatable bonds is 5. The Hall–Kier alpha value is -2.37. The molecule has 28 heavy (non-hydrogen) atoms. The molecule has 2 aromatic rings. The Kier molecular flexibility index (Phi) is 7.06. The Morgan fingerprint density at radius 2 is 1.79 bits per heavy atom. The van der Waals surface area contributed by atoms with Crippen LogP contribution in [-0.4, -0.2) is 36.3 Å². The third-order valence-electron chi connectivity index (χ3n) is 5.16. The highest BCUT2D eigenvalue weighted by molar-refractivity contribution is 6.40. The van der Waals surface area contributed by atoms with Crippen LogP contribution in [0.3, 0.4) is 0 Å². The van der Waals surface area contributed by atoms with E-state index in [1.165, 1.54) is 5.56 Å². The number of halogens is 1. The summed E-state index contributed by atoms with van der Waals surface area (Å²) in [6, 6.07) is 15.6. The summed E-state index contributed by atoms with van der Waals surface area (Å²) in [5.74, 6) is -0.866. The second kappa shape index (κ2) is 9.71. The number of likely N-dealkylation sites (tertiary alicyclic amines) is 1. The van der Waals surface area contributed by atoms with Crippen LogP contribution >= 0.6 is 11.6 Å².